The zero-order valence-corrected chi connectivity index (χ0v) is 12.1. The topological polar surface area (TPSA) is 29.1 Å². The number of rotatable bonds is 6. The van der Waals surface area contributed by atoms with Gasteiger partial charge < -0.3 is 5.32 Å². The van der Waals surface area contributed by atoms with Gasteiger partial charge in [-0.2, -0.15) is 0 Å². The molecule has 0 spiro atoms. The second-order valence-corrected chi connectivity index (χ2v) is 7.13. The molecule has 2 unspecified atom stereocenters. The van der Waals surface area contributed by atoms with Crippen LogP contribution in [0.1, 0.15) is 37.7 Å². The molecule has 100 valence electrons. The van der Waals surface area contributed by atoms with Crippen molar-refractivity contribution in [1.29, 1.82) is 0 Å². The van der Waals surface area contributed by atoms with Crippen LogP contribution in [0.4, 0.5) is 0 Å². The van der Waals surface area contributed by atoms with Crippen LogP contribution in [-0.2, 0) is 10.8 Å². The normalized spacial score (nSPS) is 26.3. The quantitative estimate of drug-likeness (QED) is 0.857. The van der Waals surface area contributed by atoms with E-state index in [1.807, 2.05) is 0 Å². The Labute approximate surface area is 113 Å². The van der Waals surface area contributed by atoms with Crippen LogP contribution in [-0.4, -0.2) is 28.3 Å². The fraction of sp³-hybridized carbons (Fsp3) is 0.600. The molecule has 1 aliphatic rings. The van der Waals surface area contributed by atoms with Gasteiger partial charge in [0.1, 0.15) is 0 Å². The maximum atomic E-state index is 11.2. The highest BCUT2D eigenvalue weighted by Crippen LogP contribution is 2.36. The molecule has 2 nitrogen and oxygen atoms in total. The second kappa shape index (κ2) is 6.48. The summed E-state index contributed by atoms with van der Waals surface area (Å²) >= 11 is 0. The fourth-order valence-electron chi connectivity index (χ4n) is 2.44. The summed E-state index contributed by atoms with van der Waals surface area (Å²) in [6.07, 6.45) is 5.29. The first-order valence-electron chi connectivity index (χ1n) is 6.77. The molecule has 0 aliphatic heterocycles. The molecule has 3 heteroatoms. The molecule has 0 heterocycles. The van der Waals surface area contributed by atoms with Gasteiger partial charge >= 0.3 is 0 Å². The Kier molecular flexibility index (Phi) is 4.95. The molecule has 1 fully saturated rings. The minimum atomic E-state index is -0.686. The van der Waals surface area contributed by atoms with Crippen molar-refractivity contribution in [2.75, 3.05) is 12.8 Å². The highest BCUT2D eigenvalue weighted by atomic mass is 32.2. The van der Waals surface area contributed by atoms with Crippen molar-refractivity contribution in [3.05, 3.63) is 35.9 Å². The van der Waals surface area contributed by atoms with Gasteiger partial charge in [-0.15, -0.1) is 0 Å². The van der Waals surface area contributed by atoms with E-state index < -0.39 is 10.8 Å². The van der Waals surface area contributed by atoms with Gasteiger partial charge in [0.25, 0.3) is 0 Å². The zero-order valence-electron chi connectivity index (χ0n) is 11.3. The van der Waals surface area contributed by atoms with Gasteiger partial charge in [0.05, 0.1) is 0 Å². The zero-order chi connectivity index (χ0) is 13.0. The summed E-state index contributed by atoms with van der Waals surface area (Å²) in [5.74, 6) is 0.737. The summed E-state index contributed by atoms with van der Waals surface area (Å²) in [6, 6.07) is 11.4. The molecule has 1 aromatic carbocycles. The predicted octanol–water partition coefficient (Wildman–Crippen LogP) is 2.68. The number of benzene rings is 1. The van der Waals surface area contributed by atoms with Crippen LogP contribution < -0.4 is 5.32 Å². The van der Waals surface area contributed by atoms with E-state index in [0.717, 1.165) is 18.9 Å². The van der Waals surface area contributed by atoms with Crippen LogP contribution in [0.25, 0.3) is 0 Å². The molecule has 1 saturated carbocycles. The van der Waals surface area contributed by atoms with E-state index in [0.29, 0.717) is 11.3 Å². The highest BCUT2D eigenvalue weighted by molar-refractivity contribution is 7.84. The Hall–Kier alpha value is -0.670. The molecule has 1 aliphatic carbocycles. The molecule has 2 atom stereocenters. The average molecular weight is 265 g/mol. The van der Waals surface area contributed by atoms with Crippen LogP contribution in [0.3, 0.4) is 0 Å². The molecule has 1 N–H and O–H groups in total. The SMILES string of the molecule is CC(CCNC1CC(c2ccccc2)C1)S(C)=O. The lowest BCUT2D eigenvalue weighted by molar-refractivity contribution is 0.290. The van der Waals surface area contributed by atoms with Crippen molar-refractivity contribution in [2.45, 2.75) is 43.4 Å². The molecule has 2 rings (SSSR count). The van der Waals surface area contributed by atoms with Crippen LogP contribution in [0.2, 0.25) is 0 Å². The molecular formula is C15H23NOS. The summed E-state index contributed by atoms with van der Waals surface area (Å²) in [4.78, 5) is 0. The Bertz CT molecular complexity index is 387. The summed E-state index contributed by atoms with van der Waals surface area (Å²) in [7, 11) is -0.686. The van der Waals surface area contributed by atoms with Crippen LogP contribution in [0.5, 0.6) is 0 Å². The largest absolute Gasteiger partial charge is 0.314 e. The number of hydrogen-bond acceptors (Lipinski definition) is 2. The highest BCUT2D eigenvalue weighted by Gasteiger charge is 2.29. The van der Waals surface area contributed by atoms with Gasteiger partial charge in [-0.3, -0.25) is 4.21 Å². The Morgan fingerprint density at radius 2 is 2.00 bits per heavy atom. The Morgan fingerprint density at radius 1 is 1.33 bits per heavy atom. The predicted molar refractivity (Wildman–Crippen MR) is 78.4 cm³/mol. The van der Waals surface area contributed by atoms with Crippen molar-refractivity contribution in [3.63, 3.8) is 0 Å². The fourth-order valence-corrected chi connectivity index (χ4v) is 2.89. The van der Waals surface area contributed by atoms with Gasteiger partial charge in [0, 0.05) is 28.3 Å². The van der Waals surface area contributed by atoms with Gasteiger partial charge in [-0.25, -0.2) is 0 Å². The molecule has 0 saturated heterocycles. The van der Waals surface area contributed by atoms with Crippen LogP contribution >= 0.6 is 0 Å². The van der Waals surface area contributed by atoms with Crippen molar-refractivity contribution in [1.82, 2.24) is 5.32 Å². The Morgan fingerprint density at radius 3 is 2.61 bits per heavy atom. The molecule has 0 aromatic heterocycles. The van der Waals surface area contributed by atoms with Crippen molar-refractivity contribution in [2.24, 2.45) is 0 Å². The van der Waals surface area contributed by atoms with Crippen LogP contribution in [0.15, 0.2) is 30.3 Å². The maximum Gasteiger partial charge on any atom is 0.0329 e. The number of hydrogen-bond donors (Lipinski definition) is 1. The average Bonchev–Trinajstić information content (AvgIpc) is 2.32. The lowest BCUT2D eigenvalue weighted by Gasteiger charge is -2.36. The smallest absolute Gasteiger partial charge is 0.0329 e. The summed E-state index contributed by atoms with van der Waals surface area (Å²) in [5, 5.41) is 3.88. The van der Waals surface area contributed by atoms with E-state index in [4.69, 9.17) is 0 Å². The lowest BCUT2D eigenvalue weighted by Crippen LogP contribution is -2.41. The third kappa shape index (κ3) is 3.66. The van der Waals surface area contributed by atoms with Crippen molar-refractivity contribution in [3.8, 4) is 0 Å². The number of nitrogens with one attached hydrogen (secondary N) is 1. The van der Waals surface area contributed by atoms with Crippen molar-refractivity contribution < 1.29 is 4.21 Å². The monoisotopic (exact) mass is 265 g/mol. The summed E-state index contributed by atoms with van der Waals surface area (Å²) in [5.41, 5.74) is 1.47. The maximum absolute atomic E-state index is 11.2. The molecule has 0 radical (unpaired) electrons. The molecule has 0 amide bonds. The van der Waals surface area contributed by atoms with Gasteiger partial charge in [-0.1, -0.05) is 37.3 Å². The van der Waals surface area contributed by atoms with Gasteiger partial charge in [0.2, 0.25) is 0 Å². The van der Waals surface area contributed by atoms with Crippen molar-refractivity contribution >= 4 is 10.8 Å². The van der Waals surface area contributed by atoms with E-state index in [2.05, 4.69) is 42.6 Å². The standard InChI is InChI=1S/C15H23NOS/c1-12(18(2)17)8-9-16-15-10-14(11-15)13-6-4-3-5-7-13/h3-7,12,14-16H,8-11H2,1-2H3. The van der Waals surface area contributed by atoms with E-state index in [-0.39, 0.29) is 0 Å². The van der Waals surface area contributed by atoms with Crippen LogP contribution in [0, 0.1) is 0 Å². The van der Waals surface area contributed by atoms with Gasteiger partial charge in [-0.05, 0) is 37.3 Å². The molecular weight excluding hydrogens is 242 g/mol. The first-order valence-corrected chi connectivity index (χ1v) is 8.39. The molecule has 1 aromatic rings. The first-order chi connectivity index (χ1) is 8.66. The summed E-state index contributed by atoms with van der Waals surface area (Å²) in [6.45, 7) is 3.05. The van der Waals surface area contributed by atoms with E-state index in [9.17, 15) is 4.21 Å². The minimum Gasteiger partial charge on any atom is -0.314 e. The van der Waals surface area contributed by atoms with E-state index in [1.165, 1.54) is 18.4 Å². The summed E-state index contributed by atoms with van der Waals surface area (Å²) < 4.78 is 11.2. The molecule has 18 heavy (non-hydrogen) atoms. The van der Waals surface area contributed by atoms with Gasteiger partial charge in [0.15, 0.2) is 0 Å². The third-order valence-corrected chi connectivity index (χ3v) is 5.33. The van der Waals surface area contributed by atoms with E-state index >= 15 is 0 Å². The third-order valence-electron chi connectivity index (χ3n) is 3.96. The van der Waals surface area contributed by atoms with E-state index in [1.54, 1.807) is 6.26 Å². The Balaban J connectivity index is 1.64. The minimum absolute atomic E-state index is 0.308. The second-order valence-electron chi connectivity index (χ2n) is 5.33. The first kappa shape index (κ1) is 13.8. The lowest BCUT2D eigenvalue weighted by atomic mass is 9.76. The molecule has 0 bridgehead atoms.